The van der Waals surface area contributed by atoms with Gasteiger partial charge in [-0.05, 0) is 67.7 Å². The van der Waals surface area contributed by atoms with E-state index in [-0.39, 0.29) is 12.0 Å². The van der Waals surface area contributed by atoms with Crippen molar-refractivity contribution in [1.82, 2.24) is 24.5 Å². The first kappa shape index (κ1) is 24.3. The van der Waals surface area contributed by atoms with Crippen LogP contribution in [-0.4, -0.2) is 35.6 Å². The topological polar surface area (TPSA) is 103 Å². The summed E-state index contributed by atoms with van der Waals surface area (Å²) in [5.74, 6) is -0.774. The zero-order valence-electron chi connectivity index (χ0n) is 20.2. The van der Waals surface area contributed by atoms with E-state index >= 15 is 0 Å². The molecule has 188 valence electrons. The van der Waals surface area contributed by atoms with Crippen LogP contribution in [0.15, 0.2) is 77.3 Å². The number of hydrogen-bond donors (Lipinski definition) is 1. The number of aryl methyl sites for hydroxylation is 1. The highest BCUT2D eigenvalue weighted by Gasteiger charge is 2.15. The van der Waals surface area contributed by atoms with Gasteiger partial charge >= 0.3 is 5.97 Å². The van der Waals surface area contributed by atoms with E-state index in [2.05, 4.69) is 28.5 Å². The third kappa shape index (κ3) is 5.55. The third-order valence-corrected chi connectivity index (χ3v) is 6.32. The molecule has 0 saturated heterocycles. The van der Waals surface area contributed by atoms with Crippen molar-refractivity contribution >= 4 is 16.9 Å². The van der Waals surface area contributed by atoms with E-state index in [0.717, 1.165) is 18.4 Å². The van der Waals surface area contributed by atoms with E-state index in [9.17, 15) is 14.0 Å². The molecule has 0 fully saturated rings. The zero-order valence-corrected chi connectivity index (χ0v) is 20.2. The largest absolute Gasteiger partial charge is 0.481 e. The Hall–Kier alpha value is -4.40. The average Bonchev–Trinajstić information content (AvgIpc) is 3.36. The SMILES string of the molecule is O=C(O)CCCCc1nc2cc(-c3cn(CC4=CCCC=C4)nn3)ccc2c(=O)n1-c1ccc(F)cc1. The van der Waals surface area contributed by atoms with Crippen LogP contribution < -0.4 is 5.56 Å². The molecule has 9 heteroatoms. The van der Waals surface area contributed by atoms with Gasteiger partial charge in [-0.15, -0.1) is 5.10 Å². The number of hydrogen-bond acceptors (Lipinski definition) is 5. The van der Waals surface area contributed by atoms with Gasteiger partial charge in [-0.1, -0.05) is 29.5 Å². The van der Waals surface area contributed by atoms with Crippen molar-refractivity contribution in [3.8, 4) is 16.9 Å². The Morgan fingerprint density at radius 1 is 1.08 bits per heavy atom. The highest BCUT2D eigenvalue weighted by molar-refractivity contribution is 5.83. The maximum absolute atomic E-state index is 13.5. The Kier molecular flexibility index (Phi) is 7.02. The van der Waals surface area contributed by atoms with Crippen LogP contribution in [0.3, 0.4) is 0 Å². The molecule has 0 spiro atoms. The van der Waals surface area contributed by atoms with Crippen LogP contribution in [0.2, 0.25) is 0 Å². The number of carboxylic acids is 1. The molecule has 4 aromatic rings. The van der Waals surface area contributed by atoms with Gasteiger partial charge in [0.05, 0.1) is 29.3 Å². The summed E-state index contributed by atoms with van der Waals surface area (Å²) in [6, 6.07) is 11.0. The Bertz CT molecular complexity index is 1570. The molecule has 1 aliphatic rings. The van der Waals surface area contributed by atoms with Crippen molar-refractivity contribution in [2.45, 2.75) is 45.1 Å². The van der Waals surface area contributed by atoms with Gasteiger partial charge in [0, 0.05) is 18.4 Å². The van der Waals surface area contributed by atoms with Crippen molar-refractivity contribution in [2.24, 2.45) is 0 Å². The molecule has 0 bridgehead atoms. The van der Waals surface area contributed by atoms with Gasteiger partial charge in [0.1, 0.15) is 17.3 Å². The summed E-state index contributed by atoms with van der Waals surface area (Å²) in [5.41, 5.74) is 3.41. The number of carbonyl (C=O) groups is 1. The minimum Gasteiger partial charge on any atom is -0.481 e. The predicted octanol–water partition coefficient (Wildman–Crippen LogP) is 4.86. The number of aromatic nitrogens is 5. The van der Waals surface area contributed by atoms with E-state index in [1.54, 1.807) is 10.7 Å². The van der Waals surface area contributed by atoms with Crippen LogP contribution in [-0.2, 0) is 17.8 Å². The van der Waals surface area contributed by atoms with Crippen molar-refractivity contribution < 1.29 is 14.3 Å². The predicted molar refractivity (Wildman–Crippen MR) is 138 cm³/mol. The standard InChI is InChI=1S/C28H26FN5O3/c29-21-11-13-22(14-12-21)34-26(8-4-5-9-27(35)36)30-24-16-20(10-15-23(24)28(34)37)25-18-33(32-31-25)17-19-6-2-1-3-7-19/h2,6-7,10-16,18H,1,3-5,8-9,17H2,(H,35,36). The number of fused-ring (bicyclic) bond motifs is 1. The Morgan fingerprint density at radius 3 is 2.68 bits per heavy atom. The number of nitrogens with zero attached hydrogens (tertiary/aromatic N) is 5. The molecule has 5 rings (SSSR count). The number of unbranched alkanes of at least 4 members (excludes halogenated alkanes) is 1. The van der Waals surface area contributed by atoms with E-state index in [1.165, 1.54) is 34.4 Å². The fourth-order valence-corrected chi connectivity index (χ4v) is 4.45. The van der Waals surface area contributed by atoms with Crippen molar-refractivity contribution in [3.05, 3.63) is 94.5 Å². The number of aliphatic carboxylic acids is 1. The summed E-state index contributed by atoms with van der Waals surface area (Å²) in [4.78, 5) is 29.2. The zero-order chi connectivity index (χ0) is 25.8. The van der Waals surface area contributed by atoms with E-state index in [4.69, 9.17) is 10.1 Å². The number of halogens is 1. The molecule has 2 aromatic heterocycles. The van der Waals surface area contributed by atoms with Crippen LogP contribution in [0, 0.1) is 5.82 Å². The minimum absolute atomic E-state index is 0.0425. The normalized spacial score (nSPS) is 13.2. The van der Waals surface area contributed by atoms with Gasteiger partial charge in [-0.25, -0.2) is 14.1 Å². The number of carboxylic acid groups (broad SMARTS) is 1. The molecule has 1 aliphatic carbocycles. The molecule has 2 heterocycles. The summed E-state index contributed by atoms with van der Waals surface area (Å²) in [6.45, 7) is 0.637. The summed E-state index contributed by atoms with van der Waals surface area (Å²) >= 11 is 0. The first-order valence-corrected chi connectivity index (χ1v) is 12.3. The average molecular weight is 500 g/mol. The van der Waals surface area contributed by atoms with E-state index in [1.807, 2.05) is 18.3 Å². The first-order valence-electron chi connectivity index (χ1n) is 12.3. The first-order chi connectivity index (χ1) is 18.0. The summed E-state index contributed by atoms with van der Waals surface area (Å²) in [5, 5.41) is 18.0. The lowest BCUT2D eigenvalue weighted by Gasteiger charge is -2.14. The fourth-order valence-electron chi connectivity index (χ4n) is 4.45. The van der Waals surface area contributed by atoms with Crippen LogP contribution in [0.25, 0.3) is 27.8 Å². The fraction of sp³-hybridized carbons (Fsp3) is 0.250. The van der Waals surface area contributed by atoms with Crippen LogP contribution >= 0.6 is 0 Å². The third-order valence-electron chi connectivity index (χ3n) is 6.32. The molecule has 37 heavy (non-hydrogen) atoms. The van der Waals surface area contributed by atoms with Crippen molar-refractivity contribution in [3.63, 3.8) is 0 Å². The monoisotopic (exact) mass is 499 g/mol. The number of rotatable bonds is 9. The van der Waals surface area contributed by atoms with Gasteiger partial charge in [-0.2, -0.15) is 0 Å². The molecule has 0 atom stereocenters. The second-order valence-electron chi connectivity index (χ2n) is 9.04. The molecular formula is C28H26FN5O3. The summed E-state index contributed by atoms with van der Waals surface area (Å²) in [6.07, 6.45) is 11.9. The molecule has 2 aromatic carbocycles. The number of allylic oxidation sites excluding steroid dienone is 4. The molecule has 0 aliphatic heterocycles. The van der Waals surface area contributed by atoms with Gasteiger partial charge in [0.2, 0.25) is 0 Å². The number of benzene rings is 2. The summed E-state index contributed by atoms with van der Waals surface area (Å²) < 4.78 is 16.8. The molecule has 1 N–H and O–H groups in total. The molecule has 0 amide bonds. The highest BCUT2D eigenvalue weighted by Crippen LogP contribution is 2.23. The second kappa shape index (κ2) is 10.7. The molecular weight excluding hydrogens is 473 g/mol. The Morgan fingerprint density at radius 2 is 1.92 bits per heavy atom. The molecule has 0 radical (unpaired) electrons. The lowest BCUT2D eigenvalue weighted by atomic mass is 10.1. The van der Waals surface area contributed by atoms with E-state index < -0.39 is 11.8 Å². The van der Waals surface area contributed by atoms with E-state index in [0.29, 0.717) is 53.9 Å². The smallest absolute Gasteiger partial charge is 0.303 e. The van der Waals surface area contributed by atoms with Gasteiger partial charge in [0.15, 0.2) is 0 Å². The Labute approximate surface area is 212 Å². The maximum atomic E-state index is 13.5. The second-order valence-corrected chi connectivity index (χ2v) is 9.04. The van der Waals surface area contributed by atoms with Gasteiger partial charge < -0.3 is 5.11 Å². The van der Waals surface area contributed by atoms with Crippen LogP contribution in [0.1, 0.15) is 37.9 Å². The summed E-state index contributed by atoms with van der Waals surface area (Å²) in [7, 11) is 0. The maximum Gasteiger partial charge on any atom is 0.303 e. The lowest BCUT2D eigenvalue weighted by molar-refractivity contribution is -0.137. The minimum atomic E-state index is -0.865. The molecule has 0 saturated carbocycles. The van der Waals surface area contributed by atoms with Crippen LogP contribution in [0.4, 0.5) is 4.39 Å². The van der Waals surface area contributed by atoms with Gasteiger partial charge in [-0.3, -0.25) is 14.2 Å². The van der Waals surface area contributed by atoms with Crippen molar-refractivity contribution in [2.75, 3.05) is 0 Å². The molecule has 8 nitrogen and oxygen atoms in total. The quantitative estimate of drug-likeness (QED) is 0.330. The van der Waals surface area contributed by atoms with Crippen LogP contribution in [0.5, 0.6) is 0 Å². The Balaban J connectivity index is 1.50. The molecule has 0 unspecified atom stereocenters. The lowest BCUT2D eigenvalue weighted by Crippen LogP contribution is -2.24. The highest BCUT2D eigenvalue weighted by atomic mass is 19.1. The van der Waals surface area contributed by atoms with Gasteiger partial charge in [0.25, 0.3) is 5.56 Å². The van der Waals surface area contributed by atoms with Crippen molar-refractivity contribution in [1.29, 1.82) is 0 Å².